The molecule has 2 aromatic heterocycles. The Morgan fingerprint density at radius 1 is 1.04 bits per heavy atom. The molecule has 5 rings (SSSR count). The molecule has 1 aliphatic rings. The van der Waals surface area contributed by atoms with Gasteiger partial charge in [0.15, 0.2) is 5.76 Å². The average molecular weight is 356 g/mol. The van der Waals surface area contributed by atoms with Gasteiger partial charge in [-0.05, 0) is 66.4 Å². The molecule has 0 amide bonds. The zero-order valence-electron chi connectivity index (χ0n) is 16.0. The van der Waals surface area contributed by atoms with E-state index >= 15 is 0 Å². The van der Waals surface area contributed by atoms with Gasteiger partial charge in [0.2, 0.25) is 0 Å². The lowest BCUT2D eigenvalue weighted by Gasteiger charge is -2.30. The summed E-state index contributed by atoms with van der Waals surface area (Å²) < 4.78 is 5.99. The van der Waals surface area contributed by atoms with E-state index in [1.165, 1.54) is 33.7 Å². The Hall–Kier alpha value is -2.65. The number of pyridine rings is 1. The van der Waals surface area contributed by atoms with Crippen molar-refractivity contribution in [1.82, 2.24) is 9.88 Å². The number of rotatable bonds is 3. The summed E-state index contributed by atoms with van der Waals surface area (Å²) in [6.45, 7) is 7.43. The zero-order chi connectivity index (χ0) is 18.4. The standard InChI is InChI=1S/C24H24N2O/c1-3-13-26-14-12-19-20(15-26)24(22-11-8-16(2)27-22)25-21-10-9-17-6-4-5-7-18(17)23(19)21/h4-11H,3,12-15H2,1-2H3. The molecule has 2 aromatic carbocycles. The molecular weight excluding hydrogens is 332 g/mol. The molecule has 0 radical (unpaired) electrons. The largest absolute Gasteiger partial charge is 0.460 e. The van der Waals surface area contributed by atoms with Crippen molar-refractivity contribution < 1.29 is 4.42 Å². The van der Waals surface area contributed by atoms with E-state index in [9.17, 15) is 0 Å². The van der Waals surface area contributed by atoms with E-state index in [1.807, 2.05) is 13.0 Å². The Labute approximate surface area is 159 Å². The summed E-state index contributed by atoms with van der Waals surface area (Å²) in [5.74, 6) is 1.82. The van der Waals surface area contributed by atoms with Crippen molar-refractivity contribution in [2.75, 3.05) is 13.1 Å². The minimum atomic E-state index is 0.886. The molecule has 0 aliphatic carbocycles. The summed E-state index contributed by atoms with van der Waals surface area (Å²) in [5, 5.41) is 3.92. The van der Waals surface area contributed by atoms with Crippen molar-refractivity contribution in [3.05, 3.63) is 65.4 Å². The van der Waals surface area contributed by atoms with Gasteiger partial charge in [0.25, 0.3) is 0 Å². The van der Waals surface area contributed by atoms with E-state index in [0.29, 0.717) is 0 Å². The van der Waals surface area contributed by atoms with Gasteiger partial charge in [-0.3, -0.25) is 4.90 Å². The number of aryl methyl sites for hydroxylation is 1. The second-order valence-electron chi connectivity index (χ2n) is 7.53. The van der Waals surface area contributed by atoms with Crippen molar-refractivity contribution >= 4 is 21.7 Å². The number of benzene rings is 2. The quantitative estimate of drug-likeness (QED) is 0.439. The fourth-order valence-corrected chi connectivity index (χ4v) is 4.44. The molecule has 3 nitrogen and oxygen atoms in total. The average Bonchev–Trinajstić information content (AvgIpc) is 3.13. The Bertz CT molecular complexity index is 1140. The number of fused-ring (bicyclic) bond motifs is 5. The predicted molar refractivity (Wildman–Crippen MR) is 111 cm³/mol. The van der Waals surface area contributed by atoms with Crippen LogP contribution in [0.4, 0.5) is 0 Å². The second kappa shape index (κ2) is 6.50. The van der Waals surface area contributed by atoms with Gasteiger partial charge in [-0.1, -0.05) is 37.3 Å². The highest BCUT2D eigenvalue weighted by Gasteiger charge is 2.25. The minimum absolute atomic E-state index is 0.886. The Kier molecular flexibility index (Phi) is 3.98. The van der Waals surface area contributed by atoms with Crippen LogP contribution < -0.4 is 0 Å². The normalized spacial score (nSPS) is 14.7. The van der Waals surface area contributed by atoms with Crippen molar-refractivity contribution in [3.63, 3.8) is 0 Å². The van der Waals surface area contributed by atoms with Gasteiger partial charge in [0.1, 0.15) is 11.5 Å². The molecule has 1 aliphatic heterocycles. The first-order chi connectivity index (χ1) is 13.2. The number of hydrogen-bond donors (Lipinski definition) is 0. The van der Waals surface area contributed by atoms with E-state index in [0.717, 1.165) is 48.8 Å². The third-order valence-corrected chi connectivity index (χ3v) is 5.66. The van der Waals surface area contributed by atoms with Crippen molar-refractivity contribution in [1.29, 1.82) is 0 Å². The minimum Gasteiger partial charge on any atom is -0.460 e. The van der Waals surface area contributed by atoms with Crippen molar-refractivity contribution in [3.8, 4) is 11.5 Å². The van der Waals surface area contributed by atoms with Gasteiger partial charge in [-0.25, -0.2) is 4.98 Å². The lowest BCUT2D eigenvalue weighted by atomic mass is 9.90. The predicted octanol–water partition coefficient (Wildman–Crippen LogP) is 5.72. The summed E-state index contributed by atoms with van der Waals surface area (Å²) >= 11 is 0. The summed E-state index contributed by atoms with van der Waals surface area (Å²) in [7, 11) is 0. The number of hydrogen-bond acceptors (Lipinski definition) is 3. The molecule has 0 fully saturated rings. The van der Waals surface area contributed by atoms with E-state index in [-0.39, 0.29) is 0 Å². The molecule has 0 N–H and O–H groups in total. The fraction of sp³-hybridized carbons (Fsp3) is 0.292. The van der Waals surface area contributed by atoms with Crippen LogP contribution in [0.1, 0.15) is 30.2 Å². The van der Waals surface area contributed by atoms with Crippen LogP contribution in [0.3, 0.4) is 0 Å². The van der Waals surface area contributed by atoms with E-state index in [2.05, 4.69) is 54.3 Å². The van der Waals surface area contributed by atoms with Gasteiger partial charge < -0.3 is 4.42 Å². The van der Waals surface area contributed by atoms with Crippen LogP contribution in [-0.2, 0) is 13.0 Å². The summed E-state index contributed by atoms with van der Waals surface area (Å²) in [4.78, 5) is 7.64. The molecule has 0 atom stereocenters. The van der Waals surface area contributed by atoms with E-state index in [4.69, 9.17) is 9.40 Å². The molecule has 3 heterocycles. The molecule has 0 unspecified atom stereocenters. The molecule has 0 saturated carbocycles. The Morgan fingerprint density at radius 3 is 2.74 bits per heavy atom. The lowest BCUT2D eigenvalue weighted by molar-refractivity contribution is 0.255. The van der Waals surface area contributed by atoms with Gasteiger partial charge >= 0.3 is 0 Å². The fourth-order valence-electron chi connectivity index (χ4n) is 4.44. The molecule has 136 valence electrons. The SMILES string of the molecule is CCCN1CCc2c(c(-c3ccc(C)o3)nc3ccc4ccccc4c23)C1. The van der Waals surface area contributed by atoms with Crippen LogP contribution in [0.15, 0.2) is 52.9 Å². The monoisotopic (exact) mass is 356 g/mol. The Balaban J connectivity index is 1.82. The number of furan rings is 1. The topological polar surface area (TPSA) is 29.3 Å². The Morgan fingerprint density at radius 2 is 1.93 bits per heavy atom. The van der Waals surface area contributed by atoms with Crippen LogP contribution in [0, 0.1) is 6.92 Å². The molecule has 0 saturated heterocycles. The first-order valence-corrected chi connectivity index (χ1v) is 9.87. The number of nitrogens with zero attached hydrogens (tertiary/aromatic N) is 2. The van der Waals surface area contributed by atoms with Crippen molar-refractivity contribution in [2.45, 2.75) is 33.2 Å². The van der Waals surface area contributed by atoms with Gasteiger partial charge in [-0.2, -0.15) is 0 Å². The highest BCUT2D eigenvalue weighted by atomic mass is 16.3. The summed E-state index contributed by atoms with van der Waals surface area (Å²) in [5.41, 5.74) is 4.88. The van der Waals surface area contributed by atoms with Crippen molar-refractivity contribution in [2.24, 2.45) is 0 Å². The molecule has 0 bridgehead atoms. The third-order valence-electron chi connectivity index (χ3n) is 5.66. The summed E-state index contributed by atoms with van der Waals surface area (Å²) in [6.07, 6.45) is 2.24. The maximum atomic E-state index is 5.99. The smallest absolute Gasteiger partial charge is 0.152 e. The molecule has 0 spiro atoms. The van der Waals surface area contributed by atoms with Crippen LogP contribution in [-0.4, -0.2) is 23.0 Å². The first-order valence-electron chi connectivity index (χ1n) is 9.87. The van der Waals surface area contributed by atoms with Gasteiger partial charge in [0, 0.05) is 18.5 Å². The van der Waals surface area contributed by atoms with Gasteiger partial charge in [-0.15, -0.1) is 0 Å². The highest BCUT2D eigenvalue weighted by Crippen LogP contribution is 2.37. The van der Waals surface area contributed by atoms with E-state index < -0.39 is 0 Å². The lowest BCUT2D eigenvalue weighted by Crippen LogP contribution is -2.32. The molecule has 4 aromatic rings. The van der Waals surface area contributed by atoms with Crippen LogP contribution >= 0.6 is 0 Å². The van der Waals surface area contributed by atoms with E-state index in [1.54, 1.807) is 0 Å². The number of aromatic nitrogens is 1. The molecular formula is C24H24N2O. The van der Waals surface area contributed by atoms with Gasteiger partial charge in [0.05, 0.1) is 5.52 Å². The maximum absolute atomic E-state index is 5.99. The highest BCUT2D eigenvalue weighted by molar-refractivity contribution is 6.09. The third kappa shape index (κ3) is 2.74. The zero-order valence-corrected chi connectivity index (χ0v) is 16.0. The van der Waals surface area contributed by atoms with Crippen LogP contribution in [0.25, 0.3) is 33.1 Å². The first kappa shape index (κ1) is 16.5. The molecule has 3 heteroatoms. The second-order valence-corrected chi connectivity index (χ2v) is 7.53. The summed E-state index contributed by atoms with van der Waals surface area (Å²) in [6, 6.07) is 17.1. The molecule has 27 heavy (non-hydrogen) atoms. The van der Waals surface area contributed by atoms with Crippen LogP contribution in [0.5, 0.6) is 0 Å². The van der Waals surface area contributed by atoms with Crippen LogP contribution in [0.2, 0.25) is 0 Å². The maximum Gasteiger partial charge on any atom is 0.152 e.